The molecule has 0 radical (unpaired) electrons. The van der Waals surface area contributed by atoms with Crippen LogP contribution in [0.2, 0.25) is 0 Å². The molecule has 2 saturated heterocycles. The number of aromatic nitrogens is 4. The van der Waals surface area contributed by atoms with Gasteiger partial charge in [0, 0.05) is 42.7 Å². The van der Waals surface area contributed by atoms with E-state index in [1.54, 1.807) is 29.5 Å². The van der Waals surface area contributed by atoms with Gasteiger partial charge in [-0.3, -0.25) is 4.79 Å². The molecule has 0 saturated carbocycles. The van der Waals surface area contributed by atoms with E-state index in [9.17, 15) is 23.2 Å². The zero-order valence-electron chi connectivity index (χ0n) is 25.9. The number of carbonyl (C=O) groups excluding carboxylic acids is 1. The third kappa shape index (κ3) is 5.28. The van der Waals surface area contributed by atoms with Gasteiger partial charge in [-0.2, -0.15) is 18.4 Å². The number of halogens is 4. The van der Waals surface area contributed by atoms with Gasteiger partial charge < -0.3 is 14.7 Å². The molecule has 4 aromatic rings. The Morgan fingerprint density at radius 2 is 1.91 bits per heavy atom. The summed E-state index contributed by atoms with van der Waals surface area (Å²) < 4.78 is 60.6. The number of nitrogens with zero attached hydrogens (tertiary/aromatic N) is 8. The largest absolute Gasteiger partial charge is 0.417 e. The smallest absolute Gasteiger partial charge is 0.351 e. The second kappa shape index (κ2) is 11.9. The van der Waals surface area contributed by atoms with Crippen LogP contribution in [0.4, 0.5) is 23.4 Å². The molecule has 0 unspecified atom stereocenters. The second-order valence-corrected chi connectivity index (χ2v) is 12.1. The number of likely N-dealkylation sites (N-methyl/N-ethyl adjacent to an activating group) is 1. The van der Waals surface area contributed by atoms with E-state index < -0.39 is 23.6 Å². The highest BCUT2D eigenvalue weighted by molar-refractivity contribution is 6.08. The molecule has 2 aliphatic heterocycles. The molecule has 46 heavy (non-hydrogen) atoms. The lowest BCUT2D eigenvalue weighted by molar-refractivity contribution is -0.137. The molecule has 9 nitrogen and oxygen atoms in total. The number of hydrogen-bond acceptors (Lipinski definition) is 7. The molecule has 4 heterocycles. The Morgan fingerprint density at radius 3 is 2.59 bits per heavy atom. The molecular weight excluding hydrogens is 600 g/mol. The number of rotatable bonds is 5. The minimum Gasteiger partial charge on any atom is -0.351 e. The fraction of sp³-hybridized carbons (Fsp3) is 0.424. The van der Waals surface area contributed by atoms with E-state index in [0.29, 0.717) is 60.3 Å². The van der Waals surface area contributed by atoms with Gasteiger partial charge in [-0.15, -0.1) is 5.10 Å². The summed E-state index contributed by atoms with van der Waals surface area (Å²) in [5, 5.41) is 18.9. The minimum atomic E-state index is -4.69. The van der Waals surface area contributed by atoms with Crippen LogP contribution in [0, 0.1) is 35.9 Å². The number of aryl methyl sites for hydroxylation is 1. The van der Waals surface area contributed by atoms with Crippen molar-refractivity contribution in [1.29, 1.82) is 5.26 Å². The summed E-state index contributed by atoms with van der Waals surface area (Å²) in [6.45, 7) is 4.71. The maximum atomic E-state index is 16.7. The molecule has 2 fully saturated rings. The number of likely N-dealkylation sites (tertiary alicyclic amines) is 1. The van der Waals surface area contributed by atoms with Crippen LogP contribution in [0.5, 0.6) is 0 Å². The SMILES string of the molecule is CC#CC(=O)N1CC[C@H](n2nnc3c(N4CC(N(C)C)C4)nc4c(F)c(-c5ccccc5C(F)(F)F)c(C)cc4c32)C[C@H]1CC#N. The molecule has 0 spiro atoms. The number of amides is 1. The zero-order valence-corrected chi connectivity index (χ0v) is 25.9. The Morgan fingerprint density at radius 1 is 1.17 bits per heavy atom. The first-order valence-corrected chi connectivity index (χ1v) is 15.0. The van der Waals surface area contributed by atoms with Crippen LogP contribution in [0.25, 0.3) is 33.1 Å². The maximum Gasteiger partial charge on any atom is 0.417 e. The van der Waals surface area contributed by atoms with Crippen molar-refractivity contribution in [3.8, 4) is 29.0 Å². The Bertz CT molecular complexity index is 1950. The average Bonchev–Trinajstić information content (AvgIpc) is 3.42. The van der Waals surface area contributed by atoms with E-state index in [1.165, 1.54) is 18.2 Å². The third-order valence-corrected chi connectivity index (χ3v) is 9.06. The van der Waals surface area contributed by atoms with Gasteiger partial charge >= 0.3 is 6.18 Å². The van der Waals surface area contributed by atoms with E-state index in [-0.39, 0.29) is 41.1 Å². The van der Waals surface area contributed by atoms with Gasteiger partial charge in [0.25, 0.3) is 5.91 Å². The predicted octanol–water partition coefficient (Wildman–Crippen LogP) is 5.33. The lowest BCUT2D eigenvalue weighted by Gasteiger charge is -2.43. The van der Waals surface area contributed by atoms with E-state index in [0.717, 1.165) is 6.07 Å². The molecule has 0 bridgehead atoms. The van der Waals surface area contributed by atoms with Gasteiger partial charge in [-0.1, -0.05) is 29.3 Å². The van der Waals surface area contributed by atoms with E-state index in [2.05, 4.69) is 33.1 Å². The molecule has 2 atom stereocenters. The summed E-state index contributed by atoms with van der Waals surface area (Å²) in [5.74, 6) is 4.39. The molecule has 2 aromatic heterocycles. The molecule has 2 aliphatic rings. The van der Waals surface area contributed by atoms with Crippen LogP contribution in [0.1, 0.15) is 43.4 Å². The molecule has 2 aromatic carbocycles. The fourth-order valence-corrected chi connectivity index (χ4v) is 6.62. The summed E-state index contributed by atoms with van der Waals surface area (Å²) in [4.78, 5) is 23.1. The summed E-state index contributed by atoms with van der Waals surface area (Å²) in [6.07, 6.45) is -3.70. The number of fused-ring (bicyclic) bond motifs is 3. The van der Waals surface area contributed by atoms with Crippen LogP contribution in [0.3, 0.4) is 0 Å². The number of nitriles is 1. The van der Waals surface area contributed by atoms with Crippen molar-refractivity contribution in [3.63, 3.8) is 0 Å². The van der Waals surface area contributed by atoms with E-state index in [1.807, 2.05) is 19.0 Å². The number of benzene rings is 2. The van der Waals surface area contributed by atoms with Gasteiger partial charge in [0.05, 0.1) is 24.1 Å². The van der Waals surface area contributed by atoms with Crippen molar-refractivity contribution in [2.45, 2.75) is 57.4 Å². The highest BCUT2D eigenvalue weighted by Gasteiger charge is 2.38. The Labute approximate surface area is 263 Å². The van der Waals surface area contributed by atoms with Gasteiger partial charge in [0.1, 0.15) is 11.0 Å². The highest BCUT2D eigenvalue weighted by atomic mass is 19.4. The third-order valence-electron chi connectivity index (χ3n) is 9.06. The number of carbonyl (C=O) groups is 1. The first kappa shape index (κ1) is 31.2. The van der Waals surface area contributed by atoms with Gasteiger partial charge in [-0.25, -0.2) is 14.1 Å². The van der Waals surface area contributed by atoms with E-state index >= 15 is 4.39 Å². The van der Waals surface area contributed by atoms with Crippen LogP contribution in [-0.4, -0.2) is 81.5 Å². The lowest BCUT2D eigenvalue weighted by atomic mass is 9.92. The van der Waals surface area contributed by atoms with Gasteiger partial charge in [0.15, 0.2) is 17.2 Å². The van der Waals surface area contributed by atoms with Crippen molar-refractivity contribution in [3.05, 3.63) is 47.3 Å². The topological polar surface area (TPSA) is 94.2 Å². The second-order valence-electron chi connectivity index (χ2n) is 12.1. The average molecular weight is 633 g/mol. The van der Waals surface area contributed by atoms with E-state index in [4.69, 9.17) is 4.98 Å². The summed E-state index contributed by atoms with van der Waals surface area (Å²) in [6, 6.07) is 8.30. The Kier molecular flexibility index (Phi) is 8.07. The standard InChI is InChI=1S/C33H32F4N8O/c1-5-8-26(46)44-14-12-21(16-20(44)11-13-38)45-31-24-15-19(2)27(23-9-6-7-10-25(23)33(35,36)37)28(34)29(24)39-32(30(31)40-41-45)43-17-22(18-43)42(3)4/h6-7,9-10,15,20-22H,11-12,14,16-18H2,1-4H3/t20-,21+/m1/s1. The molecule has 238 valence electrons. The minimum absolute atomic E-state index is 0.0728. The van der Waals surface area contributed by atoms with Crippen LogP contribution in [-0.2, 0) is 11.0 Å². The fourth-order valence-electron chi connectivity index (χ4n) is 6.62. The summed E-state index contributed by atoms with van der Waals surface area (Å²) in [5.41, 5.74) is -0.147. The van der Waals surface area contributed by atoms with Gasteiger partial charge in [-0.05, 0) is 70.0 Å². The van der Waals surface area contributed by atoms with Gasteiger partial charge in [0.2, 0.25) is 0 Å². The molecular formula is C33H32F4N8O. The quantitative estimate of drug-likeness (QED) is 0.217. The normalized spacial score (nSPS) is 18.9. The molecule has 1 amide bonds. The van der Waals surface area contributed by atoms with Crippen molar-refractivity contribution < 1.29 is 22.4 Å². The first-order valence-electron chi connectivity index (χ1n) is 15.0. The number of alkyl halides is 3. The maximum absolute atomic E-state index is 16.7. The number of pyridine rings is 1. The Balaban J connectivity index is 1.55. The van der Waals surface area contributed by atoms with Crippen molar-refractivity contribution in [2.75, 3.05) is 38.6 Å². The predicted molar refractivity (Wildman–Crippen MR) is 165 cm³/mol. The molecule has 13 heteroatoms. The van der Waals surface area contributed by atoms with Crippen molar-refractivity contribution in [2.24, 2.45) is 0 Å². The first-order chi connectivity index (χ1) is 21.9. The zero-order chi connectivity index (χ0) is 32.9. The van der Waals surface area contributed by atoms with Crippen LogP contribution in [0.15, 0.2) is 30.3 Å². The Hall–Kier alpha value is -4.75. The highest BCUT2D eigenvalue weighted by Crippen LogP contribution is 2.43. The molecule has 0 aliphatic carbocycles. The summed E-state index contributed by atoms with van der Waals surface area (Å²) >= 11 is 0. The van der Waals surface area contributed by atoms with Crippen molar-refractivity contribution in [1.82, 2.24) is 29.8 Å². The monoisotopic (exact) mass is 632 g/mol. The lowest BCUT2D eigenvalue weighted by Crippen LogP contribution is -2.57. The number of piperidine rings is 1. The molecule has 0 N–H and O–H groups in total. The molecule has 6 rings (SSSR count). The van der Waals surface area contributed by atoms with Crippen LogP contribution >= 0.6 is 0 Å². The summed E-state index contributed by atoms with van der Waals surface area (Å²) in [7, 11) is 3.94. The van der Waals surface area contributed by atoms with Crippen LogP contribution < -0.4 is 4.90 Å². The number of anilines is 1. The van der Waals surface area contributed by atoms with Crippen molar-refractivity contribution >= 4 is 33.7 Å². The number of hydrogen-bond donors (Lipinski definition) is 0.